The third-order valence-electron chi connectivity index (χ3n) is 3.12. The summed E-state index contributed by atoms with van der Waals surface area (Å²) in [5.41, 5.74) is -0.122. The summed E-state index contributed by atoms with van der Waals surface area (Å²) in [4.78, 5) is 20.3. The van der Waals surface area contributed by atoms with Gasteiger partial charge >= 0.3 is 6.55 Å². The summed E-state index contributed by atoms with van der Waals surface area (Å²) >= 11 is 11.9. The predicted molar refractivity (Wildman–Crippen MR) is 78.6 cm³/mol. The molecule has 0 fully saturated rings. The number of imidazole rings is 1. The SMILES string of the molecule is O=c1c2cc(Cl)cc(Cl)c2ncn1Cc1nccn1C(F)F. The van der Waals surface area contributed by atoms with Crippen molar-refractivity contribution in [1.82, 2.24) is 19.1 Å². The average Bonchev–Trinajstić information content (AvgIpc) is 2.91. The van der Waals surface area contributed by atoms with Crippen LogP contribution in [0.4, 0.5) is 8.78 Å². The number of halogens is 4. The van der Waals surface area contributed by atoms with Crippen molar-refractivity contribution >= 4 is 34.1 Å². The molecule has 114 valence electrons. The lowest BCUT2D eigenvalue weighted by atomic mass is 10.2. The first-order valence-corrected chi connectivity index (χ1v) is 6.87. The molecule has 0 unspecified atom stereocenters. The highest BCUT2D eigenvalue weighted by Crippen LogP contribution is 2.24. The summed E-state index contributed by atoms with van der Waals surface area (Å²) in [5.74, 6) is 0.0476. The van der Waals surface area contributed by atoms with E-state index in [-0.39, 0.29) is 22.8 Å². The van der Waals surface area contributed by atoms with Gasteiger partial charge in [-0.15, -0.1) is 0 Å². The van der Waals surface area contributed by atoms with Crippen LogP contribution < -0.4 is 5.56 Å². The fraction of sp³-hybridized carbons (Fsp3) is 0.154. The van der Waals surface area contributed by atoms with Gasteiger partial charge in [0.2, 0.25) is 0 Å². The number of fused-ring (bicyclic) bond motifs is 1. The monoisotopic (exact) mass is 344 g/mol. The number of nitrogens with zero attached hydrogens (tertiary/aromatic N) is 4. The van der Waals surface area contributed by atoms with E-state index in [1.807, 2.05) is 0 Å². The van der Waals surface area contributed by atoms with Gasteiger partial charge in [-0.25, -0.2) is 9.97 Å². The van der Waals surface area contributed by atoms with Crippen molar-refractivity contribution in [1.29, 1.82) is 0 Å². The maximum Gasteiger partial charge on any atom is 0.319 e. The molecule has 0 amide bonds. The van der Waals surface area contributed by atoms with E-state index in [1.165, 1.54) is 29.2 Å². The summed E-state index contributed by atoms with van der Waals surface area (Å²) in [6.07, 6.45) is 3.64. The van der Waals surface area contributed by atoms with Crippen LogP contribution in [0, 0.1) is 0 Å². The highest BCUT2D eigenvalue weighted by atomic mass is 35.5. The van der Waals surface area contributed by atoms with Crippen LogP contribution >= 0.6 is 23.2 Å². The second-order valence-corrected chi connectivity index (χ2v) is 5.33. The highest BCUT2D eigenvalue weighted by Gasteiger charge is 2.14. The minimum absolute atomic E-state index is 0.0476. The topological polar surface area (TPSA) is 52.7 Å². The first-order chi connectivity index (χ1) is 10.5. The molecule has 2 aromatic heterocycles. The van der Waals surface area contributed by atoms with Crippen LogP contribution in [-0.2, 0) is 6.54 Å². The average molecular weight is 345 g/mol. The minimum Gasteiger partial charge on any atom is -0.291 e. The predicted octanol–water partition coefficient (Wildman–Crippen LogP) is 3.34. The van der Waals surface area contributed by atoms with E-state index >= 15 is 0 Å². The molecule has 0 radical (unpaired) electrons. The number of alkyl halides is 2. The van der Waals surface area contributed by atoms with E-state index in [2.05, 4.69) is 9.97 Å². The van der Waals surface area contributed by atoms with Crippen LogP contribution in [0.5, 0.6) is 0 Å². The van der Waals surface area contributed by atoms with Gasteiger partial charge in [0, 0.05) is 17.4 Å². The molecule has 0 aliphatic rings. The molecule has 3 rings (SSSR count). The molecule has 0 spiro atoms. The Labute approximate surface area is 132 Å². The fourth-order valence-corrected chi connectivity index (χ4v) is 2.65. The van der Waals surface area contributed by atoms with E-state index in [9.17, 15) is 13.6 Å². The van der Waals surface area contributed by atoms with Crippen LogP contribution in [0.15, 0.2) is 35.6 Å². The largest absolute Gasteiger partial charge is 0.319 e. The lowest BCUT2D eigenvalue weighted by Crippen LogP contribution is -2.23. The van der Waals surface area contributed by atoms with E-state index in [0.29, 0.717) is 15.1 Å². The molecule has 22 heavy (non-hydrogen) atoms. The lowest BCUT2D eigenvalue weighted by molar-refractivity contribution is 0.0666. The smallest absolute Gasteiger partial charge is 0.291 e. The molecule has 0 atom stereocenters. The molecule has 5 nitrogen and oxygen atoms in total. The van der Waals surface area contributed by atoms with Gasteiger partial charge in [-0.05, 0) is 12.1 Å². The first kappa shape index (κ1) is 14.9. The third kappa shape index (κ3) is 2.57. The second-order valence-electron chi connectivity index (χ2n) is 4.49. The zero-order valence-electron chi connectivity index (χ0n) is 10.9. The molecule has 0 aliphatic carbocycles. The van der Waals surface area contributed by atoms with E-state index < -0.39 is 12.1 Å². The van der Waals surface area contributed by atoms with Crippen molar-refractivity contribution in [2.24, 2.45) is 0 Å². The van der Waals surface area contributed by atoms with Crippen LogP contribution in [0.1, 0.15) is 12.4 Å². The van der Waals surface area contributed by atoms with Gasteiger partial charge in [-0.1, -0.05) is 23.2 Å². The first-order valence-electron chi connectivity index (χ1n) is 6.11. The Hall–Kier alpha value is -1.99. The van der Waals surface area contributed by atoms with Gasteiger partial charge in [0.05, 0.1) is 28.8 Å². The molecular weight excluding hydrogens is 337 g/mol. The second kappa shape index (κ2) is 5.66. The quantitative estimate of drug-likeness (QED) is 0.732. The van der Waals surface area contributed by atoms with Crippen LogP contribution in [-0.4, -0.2) is 19.1 Å². The van der Waals surface area contributed by atoms with Gasteiger partial charge in [0.15, 0.2) is 0 Å². The molecular formula is C13H8Cl2F2N4O. The normalized spacial score (nSPS) is 11.5. The Bertz CT molecular complexity index is 907. The van der Waals surface area contributed by atoms with Crippen molar-refractivity contribution in [2.75, 3.05) is 0 Å². The Morgan fingerprint density at radius 2 is 2.00 bits per heavy atom. The van der Waals surface area contributed by atoms with Crippen molar-refractivity contribution < 1.29 is 8.78 Å². The Morgan fingerprint density at radius 3 is 2.73 bits per heavy atom. The number of rotatable bonds is 3. The molecule has 2 heterocycles. The van der Waals surface area contributed by atoms with Gasteiger partial charge in [-0.2, -0.15) is 8.78 Å². The summed E-state index contributed by atoms with van der Waals surface area (Å²) < 4.78 is 27.5. The summed E-state index contributed by atoms with van der Waals surface area (Å²) in [7, 11) is 0. The number of aromatic nitrogens is 4. The molecule has 1 aromatic carbocycles. The zero-order valence-corrected chi connectivity index (χ0v) is 12.4. The standard InChI is InChI=1S/C13H8Cl2F2N4O/c14-7-3-8-11(9(15)4-7)19-6-20(12(8)22)5-10-18-1-2-21(10)13(16)17/h1-4,6,13H,5H2. The highest BCUT2D eigenvalue weighted by molar-refractivity contribution is 6.38. The summed E-state index contributed by atoms with van der Waals surface area (Å²) in [6, 6.07) is 2.92. The van der Waals surface area contributed by atoms with Crippen LogP contribution in [0.3, 0.4) is 0 Å². The van der Waals surface area contributed by atoms with Gasteiger partial charge in [0.1, 0.15) is 5.82 Å². The maximum atomic E-state index is 12.8. The molecule has 0 saturated carbocycles. The molecule has 0 N–H and O–H groups in total. The zero-order chi connectivity index (χ0) is 15.9. The number of benzene rings is 1. The van der Waals surface area contributed by atoms with Crippen molar-refractivity contribution in [3.8, 4) is 0 Å². The van der Waals surface area contributed by atoms with Gasteiger partial charge in [0.25, 0.3) is 5.56 Å². The number of hydrogen-bond donors (Lipinski definition) is 0. The van der Waals surface area contributed by atoms with E-state index in [1.54, 1.807) is 0 Å². The van der Waals surface area contributed by atoms with Crippen molar-refractivity contribution in [2.45, 2.75) is 13.1 Å². The number of hydrogen-bond acceptors (Lipinski definition) is 3. The van der Waals surface area contributed by atoms with Crippen molar-refractivity contribution in [3.63, 3.8) is 0 Å². The third-order valence-corrected chi connectivity index (χ3v) is 3.62. The van der Waals surface area contributed by atoms with E-state index in [0.717, 1.165) is 6.20 Å². The van der Waals surface area contributed by atoms with Crippen LogP contribution in [0.25, 0.3) is 10.9 Å². The van der Waals surface area contributed by atoms with Crippen molar-refractivity contribution in [3.05, 3.63) is 57.1 Å². The molecule has 9 heteroatoms. The Balaban J connectivity index is 2.11. The lowest BCUT2D eigenvalue weighted by Gasteiger charge is -2.09. The Kier molecular flexibility index (Phi) is 3.84. The minimum atomic E-state index is -2.73. The molecule has 0 aliphatic heterocycles. The maximum absolute atomic E-state index is 12.8. The van der Waals surface area contributed by atoms with Gasteiger partial charge < -0.3 is 0 Å². The van der Waals surface area contributed by atoms with E-state index in [4.69, 9.17) is 23.2 Å². The Morgan fingerprint density at radius 1 is 1.23 bits per heavy atom. The molecule has 3 aromatic rings. The van der Waals surface area contributed by atoms with Gasteiger partial charge in [-0.3, -0.25) is 13.9 Å². The summed E-state index contributed by atoms with van der Waals surface area (Å²) in [5, 5.41) is 0.763. The molecule has 0 bridgehead atoms. The molecule has 0 saturated heterocycles. The fourth-order valence-electron chi connectivity index (χ4n) is 2.10. The van der Waals surface area contributed by atoms with Crippen LogP contribution in [0.2, 0.25) is 10.0 Å². The summed E-state index contributed by atoms with van der Waals surface area (Å²) in [6.45, 7) is -2.87.